The Bertz CT molecular complexity index is 355. The molecule has 1 saturated carbocycles. The maximum atomic E-state index is 5.87. The van der Waals surface area contributed by atoms with Crippen LogP contribution in [0.2, 0.25) is 0 Å². The van der Waals surface area contributed by atoms with E-state index in [1.165, 1.54) is 63.5 Å². The van der Waals surface area contributed by atoms with Crippen molar-refractivity contribution in [1.82, 2.24) is 15.0 Å². The first kappa shape index (κ1) is 13.4. The van der Waals surface area contributed by atoms with Gasteiger partial charge in [-0.15, -0.1) is 5.10 Å². The number of aryl methyl sites for hydroxylation is 1. The van der Waals surface area contributed by atoms with Gasteiger partial charge in [0, 0.05) is 12.5 Å². The van der Waals surface area contributed by atoms with Gasteiger partial charge >= 0.3 is 0 Å². The monoisotopic (exact) mass is 250 g/mol. The highest BCUT2D eigenvalue weighted by Crippen LogP contribution is 2.41. The zero-order valence-electron chi connectivity index (χ0n) is 11.6. The summed E-state index contributed by atoms with van der Waals surface area (Å²) in [6, 6.07) is 0. The van der Waals surface area contributed by atoms with Gasteiger partial charge in [-0.1, -0.05) is 50.7 Å². The summed E-state index contributed by atoms with van der Waals surface area (Å²) >= 11 is 0. The van der Waals surface area contributed by atoms with Crippen LogP contribution in [-0.4, -0.2) is 15.0 Å². The average molecular weight is 250 g/mol. The molecule has 0 amide bonds. The van der Waals surface area contributed by atoms with Gasteiger partial charge in [-0.3, -0.25) is 0 Å². The maximum Gasteiger partial charge on any atom is 0.169 e. The Labute approximate surface area is 110 Å². The molecule has 0 saturated heterocycles. The lowest BCUT2D eigenvalue weighted by atomic mass is 10.1. The van der Waals surface area contributed by atoms with E-state index in [0.717, 1.165) is 6.54 Å². The summed E-state index contributed by atoms with van der Waals surface area (Å²) in [5, 5.41) is 8.17. The molecule has 2 rings (SSSR count). The minimum atomic E-state index is 0.643. The minimum absolute atomic E-state index is 0.643. The van der Waals surface area contributed by atoms with Gasteiger partial charge in [0.2, 0.25) is 0 Å². The van der Waals surface area contributed by atoms with E-state index in [-0.39, 0.29) is 0 Å². The maximum absolute atomic E-state index is 5.87. The van der Waals surface area contributed by atoms with E-state index in [1.807, 2.05) is 4.68 Å². The normalized spacial score (nSPS) is 15.2. The van der Waals surface area contributed by atoms with E-state index < -0.39 is 0 Å². The molecule has 0 radical (unpaired) electrons. The van der Waals surface area contributed by atoms with Crippen LogP contribution in [0.25, 0.3) is 0 Å². The van der Waals surface area contributed by atoms with Crippen LogP contribution >= 0.6 is 0 Å². The van der Waals surface area contributed by atoms with Gasteiger partial charge in [0.05, 0.1) is 5.69 Å². The smallest absolute Gasteiger partial charge is 0.169 e. The Morgan fingerprint density at radius 3 is 2.44 bits per heavy atom. The second-order valence-corrected chi connectivity index (χ2v) is 5.48. The molecule has 1 aliphatic rings. The fraction of sp³-hybridized carbons (Fsp3) is 0.857. The highest BCUT2D eigenvalue weighted by atomic mass is 15.4. The third kappa shape index (κ3) is 3.72. The standard InChI is InChI=1S/C14H26N4/c1-2-3-4-5-6-7-8-11-18-13(12-9-10-12)14(15)16-17-18/h12H,2-11,15H2,1H3. The van der Waals surface area contributed by atoms with E-state index in [9.17, 15) is 0 Å². The zero-order chi connectivity index (χ0) is 12.8. The fourth-order valence-corrected chi connectivity index (χ4v) is 2.49. The summed E-state index contributed by atoms with van der Waals surface area (Å²) in [5.41, 5.74) is 7.07. The molecule has 1 heterocycles. The molecule has 0 atom stereocenters. The first-order chi connectivity index (χ1) is 8.83. The number of hydrogen-bond donors (Lipinski definition) is 1. The summed E-state index contributed by atoms with van der Waals surface area (Å²) in [5.74, 6) is 1.30. The Kier molecular flexibility index (Phi) is 5.02. The first-order valence-corrected chi connectivity index (χ1v) is 7.51. The van der Waals surface area contributed by atoms with Gasteiger partial charge in [0.1, 0.15) is 0 Å². The quantitative estimate of drug-likeness (QED) is 0.682. The zero-order valence-corrected chi connectivity index (χ0v) is 11.6. The van der Waals surface area contributed by atoms with Crippen molar-refractivity contribution in [3.8, 4) is 0 Å². The minimum Gasteiger partial charge on any atom is -0.381 e. The van der Waals surface area contributed by atoms with Gasteiger partial charge in [-0.2, -0.15) is 0 Å². The van der Waals surface area contributed by atoms with Crippen molar-refractivity contribution in [2.75, 3.05) is 5.73 Å². The molecule has 4 heteroatoms. The summed E-state index contributed by atoms with van der Waals surface area (Å²) in [4.78, 5) is 0. The molecule has 0 aromatic carbocycles. The number of unbranched alkanes of at least 4 members (excludes halogenated alkanes) is 6. The largest absolute Gasteiger partial charge is 0.381 e. The molecule has 1 aromatic rings. The molecule has 4 nitrogen and oxygen atoms in total. The van der Waals surface area contributed by atoms with Crippen LogP contribution in [0.5, 0.6) is 0 Å². The number of nitrogen functional groups attached to an aromatic ring is 1. The van der Waals surface area contributed by atoms with Crippen LogP contribution in [0, 0.1) is 0 Å². The highest BCUT2D eigenvalue weighted by Gasteiger charge is 2.30. The van der Waals surface area contributed by atoms with Gasteiger partial charge in [-0.05, 0) is 19.3 Å². The van der Waals surface area contributed by atoms with Crippen molar-refractivity contribution in [2.45, 2.75) is 77.2 Å². The number of aromatic nitrogens is 3. The lowest BCUT2D eigenvalue weighted by Crippen LogP contribution is -2.05. The molecule has 18 heavy (non-hydrogen) atoms. The summed E-state index contributed by atoms with van der Waals surface area (Å²) in [7, 11) is 0. The fourth-order valence-electron chi connectivity index (χ4n) is 2.49. The van der Waals surface area contributed by atoms with Gasteiger partial charge in [0.25, 0.3) is 0 Å². The summed E-state index contributed by atoms with van der Waals surface area (Å²) in [6.07, 6.45) is 11.8. The predicted molar refractivity (Wildman–Crippen MR) is 74.4 cm³/mol. The van der Waals surface area contributed by atoms with Crippen LogP contribution in [0.15, 0.2) is 0 Å². The average Bonchev–Trinajstić information content (AvgIpc) is 3.13. The molecule has 1 aliphatic carbocycles. The van der Waals surface area contributed by atoms with E-state index in [2.05, 4.69) is 17.2 Å². The number of nitrogens with two attached hydrogens (primary N) is 1. The van der Waals surface area contributed by atoms with Gasteiger partial charge in [0.15, 0.2) is 5.82 Å². The van der Waals surface area contributed by atoms with E-state index in [1.54, 1.807) is 0 Å². The molecule has 0 aliphatic heterocycles. The van der Waals surface area contributed by atoms with E-state index in [4.69, 9.17) is 5.73 Å². The van der Waals surface area contributed by atoms with Crippen LogP contribution in [0.1, 0.15) is 76.3 Å². The Morgan fingerprint density at radius 1 is 1.11 bits per heavy atom. The van der Waals surface area contributed by atoms with Crippen molar-refractivity contribution >= 4 is 5.82 Å². The van der Waals surface area contributed by atoms with Crippen molar-refractivity contribution in [3.05, 3.63) is 5.69 Å². The number of hydrogen-bond acceptors (Lipinski definition) is 3. The molecule has 1 aromatic heterocycles. The summed E-state index contributed by atoms with van der Waals surface area (Å²) in [6.45, 7) is 3.25. The number of rotatable bonds is 9. The lowest BCUT2D eigenvalue weighted by Gasteiger charge is -2.05. The summed E-state index contributed by atoms with van der Waals surface area (Å²) < 4.78 is 2.04. The molecule has 0 spiro atoms. The van der Waals surface area contributed by atoms with Crippen LogP contribution in [0.4, 0.5) is 5.82 Å². The third-order valence-corrected chi connectivity index (χ3v) is 3.74. The molecular weight excluding hydrogens is 224 g/mol. The van der Waals surface area contributed by atoms with Crippen LogP contribution < -0.4 is 5.73 Å². The van der Waals surface area contributed by atoms with Gasteiger partial charge in [-0.25, -0.2) is 4.68 Å². The van der Waals surface area contributed by atoms with Crippen molar-refractivity contribution in [3.63, 3.8) is 0 Å². The molecular formula is C14H26N4. The number of anilines is 1. The lowest BCUT2D eigenvalue weighted by molar-refractivity contribution is 0.501. The molecule has 1 fully saturated rings. The van der Waals surface area contributed by atoms with Crippen LogP contribution in [0.3, 0.4) is 0 Å². The SMILES string of the molecule is CCCCCCCCCn1nnc(N)c1C1CC1. The second-order valence-electron chi connectivity index (χ2n) is 5.48. The predicted octanol–water partition coefficient (Wildman–Crippen LogP) is 3.49. The van der Waals surface area contributed by atoms with Crippen molar-refractivity contribution in [2.24, 2.45) is 0 Å². The Morgan fingerprint density at radius 2 is 1.78 bits per heavy atom. The first-order valence-electron chi connectivity index (χ1n) is 7.51. The molecule has 0 bridgehead atoms. The molecule has 0 unspecified atom stereocenters. The van der Waals surface area contributed by atoms with E-state index >= 15 is 0 Å². The third-order valence-electron chi connectivity index (χ3n) is 3.74. The Hall–Kier alpha value is -1.06. The van der Waals surface area contributed by atoms with Crippen LogP contribution in [-0.2, 0) is 6.54 Å². The molecule has 2 N–H and O–H groups in total. The van der Waals surface area contributed by atoms with E-state index in [0.29, 0.717) is 11.7 Å². The molecule has 102 valence electrons. The Balaban J connectivity index is 1.64. The topological polar surface area (TPSA) is 56.7 Å². The second kappa shape index (κ2) is 6.76. The van der Waals surface area contributed by atoms with Crippen molar-refractivity contribution < 1.29 is 0 Å². The van der Waals surface area contributed by atoms with Gasteiger partial charge < -0.3 is 5.73 Å². The number of nitrogens with zero attached hydrogens (tertiary/aromatic N) is 3. The highest BCUT2D eigenvalue weighted by molar-refractivity contribution is 5.38. The van der Waals surface area contributed by atoms with Crippen molar-refractivity contribution in [1.29, 1.82) is 0 Å².